The van der Waals surface area contributed by atoms with E-state index in [9.17, 15) is 9.90 Å². The summed E-state index contributed by atoms with van der Waals surface area (Å²) in [6, 6.07) is 7.68. The minimum atomic E-state index is -0.425. The summed E-state index contributed by atoms with van der Waals surface area (Å²) in [5, 5.41) is 11.0. The number of carbonyl (C=O) groups is 1. The second-order valence-electron chi connectivity index (χ2n) is 7.45. The van der Waals surface area contributed by atoms with Crippen molar-refractivity contribution < 1.29 is 14.6 Å². The SMILES string of the molecule is O=C(N1CCC2(CC1)OCCC[C@H]2O)C1(c2ccc(Cl)cc2)CC1. The minimum absolute atomic E-state index is 0.227. The van der Waals surface area contributed by atoms with E-state index in [0.717, 1.165) is 50.7 Å². The van der Waals surface area contributed by atoms with Crippen LogP contribution in [-0.2, 0) is 14.9 Å². The van der Waals surface area contributed by atoms with Gasteiger partial charge in [0.1, 0.15) is 0 Å². The standard InChI is InChI=1S/C19H24ClNO3/c20-15-5-3-14(4-6-15)18(7-8-18)17(23)21-11-9-19(10-12-21)16(22)2-1-13-24-19/h3-6,16,22H,1-2,7-13H2/t16-/m1/s1. The lowest BCUT2D eigenvalue weighted by molar-refractivity contribution is -0.180. The number of rotatable bonds is 2. The van der Waals surface area contributed by atoms with Gasteiger partial charge in [0.05, 0.1) is 17.1 Å². The van der Waals surface area contributed by atoms with Gasteiger partial charge in [0.2, 0.25) is 5.91 Å². The molecule has 24 heavy (non-hydrogen) atoms. The van der Waals surface area contributed by atoms with Gasteiger partial charge in [-0.25, -0.2) is 0 Å². The number of hydrogen-bond donors (Lipinski definition) is 1. The van der Waals surface area contributed by atoms with Gasteiger partial charge < -0.3 is 14.7 Å². The van der Waals surface area contributed by atoms with Gasteiger partial charge in [-0.3, -0.25) is 4.79 Å². The van der Waals surface area contributed by atoms with Crippen molar-refractivity contribution in [2.45, 2.75) is 55.6 Å². The normalized spacial score (nSPS) is 27.9. The molecule has 1 spiro atoms. The molecule has 0 aromatic heterocycles. The molecule has 1 amide bonds. The minimum Gasteiger partial charge on any atom is -0.390 e. The van der Waals surface area contributed by atoms with Crippen molar-refractivity contribution in [1.29, 1.82) is 0 Å². The Bertz CT molecular complexity index is 618. The van der Waals surface area contributed by atoms with Crippen LogP contribution in [0.5, 0.6) is 0 Å². The van der Waals surface area contributed by atoms with Gasteiger partial charge in [0.15, 0.2) is 0 Å². The highest BCUT2D eigenvalue weighted by molar-refractivity contribution is 6.30. The van der Waals surface area contributed by atoms with Crippen LogP contribution in [0.25, 0.3) is 0 Å². The van der Waals surface area contributed by atoms with Crippen LogP contribution < -0.4 is 0 Å². The molecule has 1 aromatic carbocycles. The maximum absolute atomic E-state index is 13.1. The first kappa shape index (κ1) is 16.4. The first-order valence-electron chi connectivity index (χ1n) is 8.93. The molecule has 0 radical (unpaired) electrons. The van der Waals surface area contributed by atoms with Crippen molar-refractivity contribution in [3.8, 4) is 0 Å². The Morgan fingerprint density at radius 3 is 2.42 bits per heavy atom. The molecule has 4 rings (SSSR count). The van der Waals surface area contributed by atoms with Crippen molar-refractivity contribution >= 4 is 17.5 Å². The molecule has 2 aliphatic heterocycles. The highest BCUT2D eigenvalue weighted by Crippen LogP contribution is 2.50. The Balaban J connectivity index is 1.46. The van der Waals surface area contributed by atoms with Gasteiger partial charge in [0.25, 0.3) is 0 Å². The molecule has 3 aliphatic rings. The summed E-state index contributed by atoms with van der Waals surface area (Å²) in [7, 11) is 0. The van der Waals surface area contributed by atoms with E-state index >= 15 is 0 Å². The largest absolute Gasteiger partial charge is 0.390 e. The second kappa shape index (κ2) is 6.01. The molecule has 0 bridgehead atoms. The third-order valence-corrected chi connectivity index (χ3v) is 6.32. The Morgan fingerprint density at radius 2 is 1.83 bits per heavy atom. The lowest BCUT2D eigenvalue weighted by Crippen LogP contribution is -2.57. The van der Waals surface area contributed by atoms with Crippen LogP contribution in [0.4, 0.5) is 0 Å². The van der Waals surface area contributed by atoms with Gasteiger partial charge >= 0.3 is 0 Å². The highest BCUT2D eigenvalue weighted by atomic mass is 35.5. The molecule has 2 saturated heterocycles. The van der Waals surface area contributed by atoms with Crippen molar-refractivity contribution in [1.82, 2.24) is 4.90 Å². The predicted molar refractivity (Wildman–Crippen MR) is 92.1 cm³/mol. The maximum atomic E-state index is 13.1. The van der Waals surface area contributed by atoms with Crippen LogP contribution in [0.1, 0.15) is 44.1 Å². The fourth-order valence-electron chi connectivity index (χ4n) is 4.30. The predicted octanol–water partition coefficient (Wildman–Crippen LogP) is 2.90. The number of halogens is 1. The molecule has 2 heterocycles. The van der Waals surface area contributed by atoms with Crippen LogP contribution in [0.2, 0.25) is 5.02 Å². The van der Waals surface area contributed by atoms with Gasteiger partial charge in [-0.2, -0.15) is 0 Å². The van der Waals surface area contributed by atoms with E-state index in [-0.39, 0.29) is 11.3 Å². The summed E-state index contributed by atoms with van der Waals surface area (Å²) < 4.78 is 5.94. The molecule has 1 atom stereocenters. The summed E-state index contributed by atoms with van der Waals surface area (Å²) in [6.45, 7) is 2.07. The van der Waals surface area contributed by atoms with Crippen molar-refractivity contribution in [2.24, 2.45) is 0 Å². The van der Waals surface area contributed by atoms with Crippen LogP contribution >= 0.6 is 11.6 Å². The number of nitrogens with zero attached hydrogens (tertiary/aromatic N) is 1. The fraction of sp³-hybridized carbons (Fsp3) is 0.632. The molecule has 1 aliphatic carbocycles. The van der Waals surface area contributed by atoms with Gasteiger partial charge in [-0.1, -0.05) is 23.7 Å². The Labute approximate surface area is 147 Å². The van der Waals surface area contributed by atoms with E-state index in [1.807, 2.05) is 29.2 Å². The fourth-order valence-corrected chi connectivity index (χ4v) is 4.43. The molecule has 3 fully saturated rings. The van der Waals surface area contributed by atoms with E-state index in [0.29, 0.717) is 18.1 Å². The average molecular weight is 350 g/mol. The van der Waals surface area contributed by atoms with Crippen molar-refractivity contribution in [3.05, 3.63) is 34.9 Å². The number of aliphatic hydroxyl groups is 1. The molecular formula is C19H24ClNO3. The van der Waals surface area contributed by atoms with Crippen LogP contribution in [0.3, 0.4) is 0 Å². The number of piperidine rings is 1. The zero-order valence-corrected chi connectivity index (χ0v) is 14.6. The summed E-state index contributed by atoms with van der Waals surface area (Å²) >= 11 is 5.97. The van der Waals surface area contributed by atoms with E-state index in [4.69, 9.17) is 16.3 Å². The number of likely N-dealkylation sites (tertiary alicyclic amines) is 1. The Hall–Kier alpha value is -1.10. The molecule has 1 N–H and O–H groups in total. The molecule has 130 valence electrons. The number of ether oxygens (including phenoxy) is 1. The number of carbonyl (C=O) groups excluding carboxylic acids is 1. The molecule has 5 heteroatoms. The zero-order chi connectivity index (χ0) is 16.8. The molecule has 0 unspecified atom stereocenters. The maximum Gasteiger partial charge on any atom is 0.233 e. The van der Waals surface area contributed by atoms with Gasteiger partial charge in [0, 0.05) is 24.7 Å². The first-order chi connectivity index (χ1) is 11.6. The molecule has 1 saturated carbocycles. The average Bonchev–Trinajstić information content (AvgIpc) is 3.40. The zero-order valence-electron chi connectivity index (χ0n) is 13.8. The Kier molecular flexibility index (Phi) is 4.10. The molecular weight excluding hydrogens is 326 g/mol. The van der Waals surface area contributed by atoms with E-state index in [1.54, 1.807) is 0 Å². The third kappa shape index (κ3) is 2.65. The summed E-state index contributed by atoms with van der Waals surface area (Å²) in [6.07, 6.45) is 4.62. The van der Waals surface area contributed by atoms with Gasteiger partial charge in [-0.05, 0) is 56.2 Å². The lowest BCUT2D eigenvalue weighted by atomic mass is 9.81. The topological polar surface area (TPSA) is 49.8 Å². The quantitative estimate of drug-likeness (QED) is 0.893. The highest BCUT2D eigenvalue weighted by Gasteiger charge is 2.54. The number of aliphatic hydroxyl groups excluding tert-OH is 1. The number of benzene rings is 1. The summed E-state index contributed by atoms with van der Waals surface area (Å²) in [5.74, 6) is 0.227. The number of hydrogen-bond acceptors (Lipinski definition) is 3. The van der Waals surface area contributed by atoms with Crippen LogP contribution in [0, 0.1) is 0 Å². The smallest absolute Gasteiger partial charge is 0.233 e. The Morgan fingerprint density at radius 1 is 1.17 bits per heavy atom. The van der Waals surface area contributed by atoms with E-state index in [2.05, 4.69) is 0 Å². The number of amides is 1. The third-order valence-electron chi connectivity index (χ3n) is 6.07. The first-order valence-corrected chi connectivity index (χ1v) is 9.31. The lowest BCUT2D eigenvalue weighted by Gasteiger charge is -2.47. The van der Waals surface area contributed by atoms with Crippen LogP contribution in [-0.4, -0.2) is 47.3 Å². The second-order valence-corrected chi connectivity index (χ2v) is 7.89. The van der Waals surface area contributed by atoms with Crippen molar-refractivity contribution in [3.63, 3.8) is 0 Å². The van der Waals surface area contributed by atoms with Crippen molar-refractivity contribution in [2.75, 3.05) is 19.7 Å². The van der Waals surface area contributed by atoms with Gasteiger partial charge in [-0.15, -0.1) is 0 Å². The van der Waals surface area contributed by atoms with E-state index in [1.165, 1.54) is 0 Å². The van der Waals surface area contributed by atoms with E-state index < -0.39 is 11.7 Å². The molecule has 4 nitrogen and oxygen atoms in total. The summed E-state index contributed by atoms with van der Waals surface area (Å²) in [4.78, 5) is 15.1. The summed E-state index contributed by atoms with van der Waals surface area (Å²) in [5.41, 5.74) is 0.304. The van der Waals surface area contributed by atoms with Crippen LogP contribution in [0.15, 0.2) is 24.3 Å². The monoisotopic (exact) mass is 349 g/mol. The molecule has 1 aromatic rings.